The van der Waals surface area contributed by atoms with Gasteiger partial charge in [-0.25, -0.2) is 4.98 Å². The second kappa shape index (κ2) is 5.78. The number of hydrogen-bond donors (Lipinski definition) is 1. The summed E-state index contributed by atoms with van der Waals surface area (Å²) in [5.74, 6) is 1.61. The van der Waals surface area contributed by atoms with Crippen molar-refractivity contribution in [1.29, 1.82) is 0 Å². The van der Waals surface area contributed by atoms with Gasteiger partial charge in [0.05, 0.1) is 12.2 Å². The van der Waals surface area contributed by atoms with E-state index in [4.69, 9.17) is 0 Å². The van der Waals surface area contributed by atoms with Crippen LogP contribution >= 0.6 is 11.3 Å². The molecule has 0 spiro atoms. The minimum Gasteiger partial charge on any atom is -0.351 e. The second-order valence-electron chi connectivity index (χ2n) is 5.56. The summed E-state index contributed by atoms with van der Waals surface area (Å²) < 4.78 is 2.22. The fourth-order valence-corrected chi connectivity index (χ4v) is 3.12. The maximum Gasteiger partial charge on any atom is 0.203 e. The molecule has 0 aromatic carbocycles. The molecule has 104 valence electrons. The number of anilines is 1. The normalized spacial score (nSPS) is 11.3. The highest BCUT2D eigenvalue weighted by molar-refractivity contribution is 7.12. The first-order chi connectivity index (χ1) is 8.95. The van der Waals surface area contributed by atoms with Crippen molar-refractivity contribution in [3.63, 3.8) is 0 Å². The van der Waals surface area contributed by atoms with Crippen LogP contribution in [0.25, 0.3) is 0 Å². The smallest absolute Gasteiger partial charge is 0.203 e. The fourth-order valence-electron chi connectivity index (χ4n) is 2.12. The van der Waals surface area contributed by atoms with Crippen molar-refractivity contribution >= 4 is 17.3 Å². The van der Waals surface area contributed by atoms with Gasteiger partial charge >= 0.3 is 0 Å². The van der Waals surface area contributed by atoms with E-state index in [9.17, 15) is 0 Å². The third-order valence-corrected chi connectivity index (χ3v) is 4.25. The van der Waals surface area contributed by atoms with E-state index in [2.05, 4.69) is 54.8 Å². The van der Waals surface area contributed by atoms with E-state index in [-0.39, 0.29) is 0 Å². The van der Waals surface area contributed by atoms with Gasteiger partial charge in [0.15, 0.2) is 0 Å². The zero-order valence-corrected chi connectivity index (χ0v) is 13.3. The predicted octanol–water partition coefficient (Wildman–Crippen LogP) is 4.14. The second-order valence-corrected chi connectivity index (χ2v) is 6.90. The maximum absolute atomic E-state index is 4.56. The molecule has 0 radical (unpaired) electrons. The molecule has 3 nitrogen and oxygen atoms in total. The summed E-state index contributed by atoms with van der Waals surface area (Å²) in [4.78, 5) is 7.33. The molecule has 0 bridgehead atoms. The third-order valence-electron chi connectivity index (χ3n) is 3.10. The van der Waals surface area contributed by atoms with Crippen LogP contribution in [0, 0.1) is 26.7 Å². The Bertz CT molecular complexity index is 532. The Kier molecular flexibility index (Phi) is 4.30. The lowest BCUT2D eigenvalue weighted by molar-refractivity contribution is 0.526. The molecule has 1 N–H and O–H groups in total. The van der Waals surface area contributed by atoms with Crippen molar-refractivity contribution in [2.45, 2.75) is 47.7 Å². The average molecular weight is 277 g/mol. The van der Waals surface area contributed by atoms with Gasteiger partial charge in [0.25, 0.3) is 0 Å². The molecule has 0 unspecified atom stereocenters. The molecule has 0 amide bonds. The number of imidazole rings is 1. The summed E-state index contributed by atoms with van der Waals surface area (Å²) in [6.45, 7) is 12.7. The largest absolute Gasteiger partial charge is 0.351 e. The van der Waals surface area contributed by atoms with Gasteiger partial charge in [-0.2, -0.15) is 0 Å². The van der Waals surface area contributed by atoms with Crippen LogP contribution in [0.1, 0.15) is 34.9 Å². The van der Waals surface area contributed by atoms with Crippen molar-refractivity contribution in [3.8, 4) is 0 Å². The molecule has 2 rings (SSSR count). The molecule has 0 saturated carbocycles. The standard InChI is InChI=1S/C15H23N3S/c1-10(2)8-18-9-12(4)17-15(18)16-7-14-6-11(3)13(5)19-14/h6,9-10H,7-8H2,1-5H3,(H,16,17). The number of hydrogen-bond acceptors (Lipinski definition) is 3. The summed E-state index contributed by atoms with van der Waals surface area (Å²) in [5.41, 5.74) is 2.45. The molecule has 0 aliphatic carbocycles. The van der Waals surface area contributed by atoms with Crippen LogP contribution in [-0.2, 0) is 13.1 Å². The van der Waals surface area contributed by atoms with Gasteiger partial charge in [-0.05, 0) is 38.3 Å². The number of nitrogens with one attached hydrogen (secondary N) is 1. The zero-order chi connectivity index (χ0) is 14.0. The van der Waals surface area contributed by atoms with Crippen molar-refractivity contribution in [2.75, 3.05) is 5.32 Å². The molecule has 0 aliphatic heterocycles. The predicted molar refractivity (Wildman–Crippen MR) is 82.9 cm³/mol. The van der Waals surface area contributed by atoms with Crippen LogP contribution in [0.4, 0.5) is 5.95 Å². The lowest BCUT2D eigenvalue weighted by Gasteiger charge is -2.11. The van der Waals surface area contributed by atoms with E-state index in [0.29, 0.717) is 5.92 Å². The topological polar surface area (TPSA) is 29.9 Å². The Morgan fingerprint density at radius 3 is 2.63 bits per heavy atom. The molecular weight excluding hydrogens is 254 g/mol. The number of rotatable bonds is 5. The zero-order valence-electron chi connectivity index (χ0n) is 12.4. The lowest BCUT2D eigenvalue weighted by Crippen LogP contribution is -2.09. The van der Waals surface area contributed by atoms with Crippen LogP contribution in [0.3, 0.4) is 0 Å². The van der Waals surface area contributed by atoms with Crippen LogP contribution in [0.5, 0.6) is 0 Å². The number of nitrogens with zero attached hydrogens (tertiary/aromatic N) is 2. The Labute approximate surface area is 119 Å². The molecule has 2 aromatic heterocycles. The SMILES string of the molecule is Cc1cn(CC(C)C)c(NCc2cc(C)c(C)s2)n1. The summed E-state index contributed by atoms with van der Waals surface area (Å²) in [5, 5.41) is 3.46. The summed E-state index contributed by atoms with van der Waals surface area (Å²) >= 11 is 1.86. The van der Waals surface area contributed by atoms with Gasteiger partial charge in [-0.15, -0.1) is 11.3 Å². The van der Waals surface area contributed by atoms with Crippen molar-refractivity contribution in [2.24, 2.45) is 5.92 Å². The first-order valence-corrected chi connectivity index (χ1v) is 7.61. The fraction of sp³-hybridized carbons (Fsp3) is 0.533. The van der Waals surface area contributed by atoms with Crippen LogP contribution in [0.2, 0.25) is 0 Å². The highest BCUT2D eigenvalue weighted by Crippen LogP contribution is 2.21. The van der Waals surface area contributed by atoms with E-state index in [1.165, 1.54) is 15.3 Å². The van der Waals surface area contributed by atoms with Gasteiger partial charge < -0.3 is 9.88 Å². The van der Waals surface area contributed by atoms with Crippen molar-refractivity contribution < 1.29 is 0 Å². The molecule has 0 fully saturated rings. The number of aromatic nitrogens is 2. The van der Waals surface area contributed by atoms with Crippen LogP contribution < -0.4 is 5.32 Å². The molecule has 4 heteroatoms. The Morgan fingerprint density at radius 1 is 1.32 bits per heavy atom. The van der Waals surface area contributed by atoms with E-state index < -0.39 is 0 Å². The van der Waals surface area contributed by atoms with E-state index in [1.54, 1.807) is 0 Å². The highest BCUT2D eigenvalue weighted by Gasteiger charge is 2.08. The van der Waals surface area contributed by atoms with Crippen molar-refractivity contribution in [1.82, 2.24) is 9.55 Å². The summed E-state index contributed by atoms with van der Waals surface area (Å²) in [6, 6.07) is 2.26. The Balaban J connectivity index is 2.06. The van der Waals surface area contributed by atoms with E-state index in [0.717, 1.165) is 24.7 Å². The minimum absolute atomic E-state index is 0.625. The third kappa shape index (κ3) is 3.60. The van der Waals surface area contributed by atoms with Gasteiger partial charge in [0.2, 0.25) is 5.95 Å². The average Bonchev–Trinajstić information content (AvgIpc) is 2.80. The summed E-state index contributed by atoms with van der Waals surface area (Å²) in [6.07, 6.45) is 2.12. The molecule has 0 aliphatic rings. The monoisotopic (exact) mass is 277 g/mol. The van der Waals surface area contributed by atoms with E-state index in [1.807, 2.05) is 18.3 Å². The Hall–Kier alpha value is -1.29. The molecule has 0 saturated heterocycles. The van der Waals surface area contributed by atoms with Gasteiger partial charge in [-0.3, -0.25) is 0 Å². The van der Waals surface area contributed by atoms with Gasteiger partial charge in [0, 0.05) is 22.5 Å². The quantitative estimate of drug-likeness (QED) is 0.890. The first-order valence-electron chi connectivity index (χ1n) is 6.79. The van der Waals surface area contributed by atoms with Crippen molar-refractivity contribution in [3.05, 3.63) is 33.3 Å². The molecule has 0 atom stereocenters. The number of aryl methyl sites for hydroxylation is 3. The van der Waals surface area contributed by atoms with Crippen LogP contribution in [-0.4, -0.2) is 9.55 Å². The Morgan fingerprint density at radius 2 is 2.05 bits per heavy atom. The lowest BCUT2D eigenvalue weighted by atomic mass is 10.2. The molecule has 2 aromatic rings. The van der Waals surface area contributed by atoms with Gasteiger partial charge in [0.1, 0.15) is 0 Å². The van der Waals surface area contributed by atoms with Crippen LogP contribution in [0.15, 0.2) is 12.3 Å². The summed E-state index contributed by atoms with van der Waals surface area (Å²) in [7, 11) is 0. The van der Waals surface area contributed by atoms with Gasteiger partial charge in [-0.1, -0.05) is 13.8 Å². The minimum atomic E-state index is 0.625. The van der Waals surface area contributed by atoms with E-state index >= 15 is 0 Å². The first kappa shape index (κ1) is 14.1. The maximum atomic E-state index is 4.56. The molecule has 19 heavy (non-hydrogen) atoms. The molecule has 2 heterocycles. The molecular formula is C15H23N3S. The highest BCUT2D eigenvalue weighted by atomic mass is 32.1. The number of thiophene rings is 1.